The van der Waals surface area contributed by atoms with Gasteiger partial charge < -0.3 is 5.32 Å². The Bertz CT molecular complexity index is 1200. The summed E-state index contributed by atoms with van der Waals surface area (Å²) in [6.45, 7) is 0.0145. The van der Waals surface area contributed by atoms with E-state index < -0.39 is 0 Å². The average molecular weight is 403 g/mol. The molecule has 3 aromatic heterocycles. The third-order valence-corrected chi connectivity index (χ3v) is 5.11. The number of carbonyl (C=O) groups is 1. The summed E-state index contributed by atoms with van der Waals surface area (Å²) in [5.41, 5.74) is 3.38. The summed E-state index contributed by atoms with van der Waals surface area (Å²) >= 11 is 1.61. The molecule has 0 bridgehead atoms. The van der Waals surface area contributed by atoms with Crippen LogP contribution in [0, 0.1) is 0 Å². The fraction of sp³-hybridized carbons (Fsp3) is 0.0952. The second-order valence-corrected chi connectivity index (χ2v) is 7.11. The number of thiophene rings is 1. The predicted octanol–water partition coefficient (Wildman–Crippen LogP) is 3.26. The van der Waals surface area contributed by atoms with Crippen molar-refractivity contribution in [3.05, 3.63) is 81.7 Å². The highest BCUT2D eigenvalue weighted by Crippen LogP contribution is 2.23. The lowest BCUT2D eigenvalue weighted by Gasteiger charge is -2.11. The first-order valence-corrected chi connectivity index (χ1v) is 9.80. The van der Waals surface area contributed by atoms with Gasteiger partial charge in [-0.15, -0.1) is 0 Å². The van der Waals surface area contributed by atoms with Gasteiger partial charge in [0.1, 0.15) is 6.33 Å². The van der Waals surface area contributed by atoms with Crippen LogP contribution in [0.5, 0.6) is 0 Å². The van der Waals surface area contributed by atoms with Crippen molar-refractivity contribution in [2.75, 3.05) is 11.9 Å². The number of ketones is 1. The Balaban J connectivity index is 1.55. The number of Topliss-reactive ketones (excluding diaryl/α,β-unsaturated/α-hetero) is 1. The van der Waals surface area contributed by atoms with E-state index in [1.165, 1.54) is 17.0 Å². The maximum absolute atomic E-state index is 12.7. The van der Waals surface area contributed by atoms with Crippen molar-refractivity contribution in [1.29, 1.82) is 0 Å². The van der Waals surface area contributed by atoms with E-state index >= 15 is 0 Å². The summed E-state index contributed by atoms with van der Waals surface area (Å²) in [7, 11) is 1.60. The number of nitrogens with one attached hydrogen (secondary N) is 1. The quantitative estimate of drug-likeness (QED) is 0.497. The minimum absolute atomic E-state index is 0.0145. The van der Waals surface area contributed by atoms with E-state index in [1.54, 1.807) is 36.7 Å². The molecule has 0 atom stereocenters. The van der Waals surface area contributed by atoms with Crippen LogP contribution in [-0.2, 0) is 7.05 Å². The van der Waals surface area contributed by atoms with Crippen molar-refractivity contribution in [2.24, 2.45) is 7.05 Å². The summed E-state index contributed by atoms with van der Waals surface area (Å²) in [6, 6.07) is 12.6. The van der Waals surface area contributed by atoms with Crippen molar-refractivity contribution < 1.29 is 4.79 Å². The van der Waals surface area contributed by atoms with Crippen molar-refractivity contribution in [2.45, 2.75) is 0 Å². The van der Waals surface area contributed by atoms with Crippen LogP contribution < -0.4 is 10.9 Å². The number of hydrogen-bond donors (Lipinski definition) is 1. The van der Waals surface area contributed by atoms with Crippen LogP contribution in [0.25, 0.3) is 22.5 Å². The first-order chi connectivity index (χ1) is 14.1. The van der Waals surface area contributed by atoms with Crippen LogP contribution in [0.1, 0.15) is 10.4 Å². The molecule has 0 unspecified atom stereocenters. The van der Waals surface area contributed by atoms with Crippen molar-refractivity contribution >= 4 is 23.1 Å². The van der Waals surface area contributed by atoms with Crippen molar-refractivity contribution in [3.63, 3.8) is 0 Å². The van der Waals surface area contributed by atoms with Crippen molar-refractivity contribution in [3.8, 4) is 22.5 Å². The molecule has 0 radical (unpaired) electrons. The Morgan fingerprint density at radius 1 is 1.14 bits per heavy atom. The van der Waals surface area contributed by atoms with E-state index in [-0.39, 0.29) is 17.9 Å². The lowest BCUT2D eigenvalue weighted by Crippen LogP contribution is -2.24. The molecule has 0 saturated carbocycles. The highest BCUT2D eigenvalue weighted by Gasteiger charge is 2.12. The largest absolute Gasteiger partial charge is 0.348 e. The number of anilines is 1. The van der Waals surface area contributed by atoms with Crippen LogP contribution in [-0.4, -0.2) is 31.8 Å². The summed E-state index contributed by atoms with van der Waals surface area (Å²) in [4.78, 5) is 37.4. The van der Waals surface area contributed by atoms with Crippen LogP contribution in [0.3, 0.4) is 0 Å². The Labute approximate surface area is 170 Å². The lowest BCUT2D eigenvalue weighted by molar-refractivity contribution is 0.101. The smallest absolute Gasteiger partial charge is 0.255 e. The second-order valence-electron chi connectivity index (χ2n) is 6.33. The Morgan fingerprint density at radius 2 is 2.03 bits per heavy atom. The Morgan fingerprint density at radius 3 is 2.79 bits per heavy atom. The fourth-order valence-corrected chi connectivity index (χ4v) is 3.50. The highest BCUT2D eigenvalue weighted by atomic mass is 32.1. The first-order valence-electron chi connectivity index (χ1n) is 8.86. The van der Waals surface area contributed by atoms with Gasteiger partial charge in [-0.2, -0.15) is 11.3 Å². The SMILES string of the molecule is Cn1c(NCC(=O)c2cccc(-c3ccsc3)c2)nc(-c2ccncn2)cc1=O. The molecule has 1 N–H and O–H groups in total. The second kappa shape index (κ2) is 8.15. The van der Waals surface area contributed by atoms with Gasteiger partial charge in [0.05, 0.1) is 17.9 Å². The van der Waals surface area contributed by atoms with Gasteiger partial charge in [0.25, 0.3) is 5.56 Å². The van der Waals surface area contributed by atoms with E-state index in [9.17, 15) is 9.59 Å². The molecule has 1 aromatic carbocycles. The lowest BCUT2D eigenvalue weighted by atomic mass is 10.0. The zero-order valence-corrected chi connectivity index (χ0v) is 16.4. The van der Waals surface area contributed by atoms with E-state index in [0.29, 0.717) is 22.9 Å². The van der Waals surface area contributed by atoms with Gasteiger partial charge in [0, 0.05) is 24.9 Å². The third-order valence-electron chi connectivity index (χ3n) is 4.43. The van der Waals surface area contributed by atoms with Gasteiger partial charge in [0.2, 0.25) is 5.95 Å². The van der Waals surface area contributed by atoms with Crippen molar-refractivity contribution in [1.82, 2.24) is 19.5 Å². The van der Waals surface area contributed by atoms with E-state index in [2.05, 4.69) is 20.3 Å². The number of nitrogens with zero attached hydrogens (tertiary/aromatic N) is 4. The molecule has 7 nitrogen and oxygen atoms in total. The molecule has 0 aliphatic heterocycles. The first kappa shape index (κ1) is 18.7. The van der Waals surface area contributed by atoms with E-state index in [1.807, 2.05) is 35.0 Å². The van der Waals surface area contributed by atoms with Crippen LogP contribution in [0.2, 0.25) is 0 Å². The van der Waals surface area contributed by atoms with Crippen LogP contribution in [0.15, 0.2) is 70.5 Å². The van der Waals surface area contributed by atoms with E-state index in [0.717, 1.165) is 11.1 Å². The molecule has 144 valence electrons. The molecule has 0 spiro atoms. The molecule has 0 saturated heterocycles. The topological polar surface area (TPSA) is 89.8 Å². The molecule has 0 fully saturated rings. The summed E-state index contributed by atoms with van der Waals surface area (Å²) in [6.07, 6.45) is 2.98. The minimum Gasteiger partial charge on any atom is -0.348 e. The molecule has 0 amide bonds. The third kappa shape index (κ3) is 4.12. The molecular weight excluding hydrogens is 386 g/mol. The molecule has 29 heavy (non-hydrogen) atoms. The molecule has 0 aliphatic carbocycles. The zero-order valence-electron chi connectivity index (χ0n) is 15.6. The standard InChI is InChI=1S/C21H17N5O2S/c1-26-20(28)10-18(17-5-7-22-13-24-17)25-21(26)23-11-19(27)15-4-2-3-14(9-15)16-6-8-29-12-16/h2-10,12-13H,11H2,1H3,(H,23,25). The maximum Gasteiger partial charge on any atom is 0.255 e. The molecule has 4 rings (SSSR count). The van der Waals surface area contributed by atoms with Crippen LogP contribution in [0.4, 0.5) is 5.95 Å². The zero-order chi connectivity index (χ0) is 20.2. The Hall–Kier alpha value is -3.65. The summed E-state index contributed by atoms with van der Waals surface area (Å²) < 4.78 is 1.36. The highest BCUT2D eigenvalue weighted by molar-refractivity contribution is 7.08. The predicted molar refractivity (Wildman–Crippen MR) is 113 cm³/mol. The van der Waals surface area contributed by atoms with E-state index in [4.69, 9.17) is 0 Å². The monoisotopic (exact) mass is 403 g/mol. The number of carbonyl (C=O) groups excluding carboxylic acids is 1. The molecule has 0 aliphatic rings. The average Bonchev–Trinajstić information content (AvgIpc) is 3.30. The summed E-state index contributed by atoms with van der Waals surface area (Å²) in [5.74, 6) is 0.206. The number of aromatic nitrogens is 4. The van der Waals surface area contributed by atoms with Gasteiger partial charge in [0.15, 0.2) is 5.78 Å². The van der Waals surface area contributed by atoms with Gasteiger partial charge in [-0.3, -0.25) is 14.2 Å². The number of rotatable bonds is 6. The van der Waals surface area contributed by atoms with Gasteiger partial charge >= 0.3 is 0 Å². The van der Waals surface area contributed by atoms with Gasteiger partial charge in [-0.25, -0.2) is 15.0 Å². The van der Waals surface area contributed by atoms with Gasteiger partial charge in [-0.1, -0.05) is 18.2 Å². The van der Waals surface area contributed by atoms with Gasteiger partial charge in [-0.05, 0) is 40.1 Å². The molecular formula is C21H17N5O2S. The number of benzene rings is 1. The Kier molecular flexibility index (Phi) is 5.26. The maximum atomic E-state index is 12.7. The fourth-order valence-electron chi connectivity index (χ4n) is 2.83. The molecule has 4 aromatic rings. The summed E-state index contributed by atoms with van der Waals surface area (Å²) in [5, 5.41) is 7.02. The number of hydrogen-bond acceptors (Lipinski definition) is 7. The normalized spacial score (nSPS) is 10.7. The molecule has 3 heterocycles. The van der Waals surface area contributed by atoms with Crippen LogP contribution >= 0.6 is 11.3 Å². The molecule has 8 heteroatoms. The minimum atomic E-state index is -0.247.